The van der Waals surface area contributed by atoms with E-state index in [1.807, 2.05) is 0 Å². The van der Waals surface area contributed by atoms with Crippen LogP contribution < -0.4 is 27.0 Å². The zero-order chi connectivity index (χ0) is 9.56. The van der Waals surface area contributed by atoms with Crippen LogP contribution in [0.5, 0.6) is 0 Å². The maximum absolute atomic E-state index is 10.1. The molecular weight excluding hydrogens is 164 g/mol. The Morgan fingerprint density at radius 1 is 1.83 bits per heavy atom. The lowest BCUT2D eigenvalue weighted by atomic mass is 10.2. The van der Waals surface area contributed by atoms with Crippen LogP contribution in [-0.4, -0.2) is 29.7 Å². The van der Waals surface area contributed by atoms with E-state index in [0.717, 1.165) is 0 Å². The molecule has 12 heavy (non-hydrogen) atoms. The van der Waals surface area contributed by atoms with Gasteiger partial charge in [0.1, 0.15) is 6.04 Å². The zero-order valence-corrected chi connectivity index (χ0v) is 6.54. The molecule has 0 aliphatic carbocycles. The number of carboxylic acid groups (broad SMARTS) is 1. The third-order valence-corrected chi connectivity index (χ3v) is 1.26. The van der Waals surface area contributed by atoms with Crippen LogP contribution in [0, 0.1) is 0 Å². The molecule has 7 heteroatoms. The molecule has 1 atom stereocenters. The number of carbonyl (C=O) groups is 1. The minimum absolute atomic E-state index is 0.0273. The van der Waals surface area contributed by atoms with E-state index in [9.17, 15) is 9.90 Å². The first-order valence-electron chi connectivity index (χ1n) is 3.38. The van der Waals surface area contributed by atoms with Gasteiger partial charge in [-0.1, -0.05) is 0 Å². The number of carboxylic acids is 1. The van der Waals surface area contributed by atoms with Crippen LogP contribution in [-0.2, 0) is 4.79 Å². The molecule has 0 aromatic carbocycles. The highest BCUT2D eigenvalue weighted by molar-refractivity contribution is 5.70. The van der Waals surface area contributed by atoms with Gasteiger partial charge in [-0.2, -0.15) is 0 Å². The molecule has 0 rings (SSSR count). The molecule has 7 nitrogen and oxygen atoms in total. The second kappa shape index (κ2) is 5.33. The normalized spacial score (nSPS) is 14.0. The minimum atomic E-state index is -1.20. The average Bonchev–Trinajstić information content (AvgIpc) is 2.03. The van der Waals surface area contributed by atoms with Crippen molar-refractivity contribution in [1.29, 1.82) is 0 Å². The SMILES string of the molecule is NC(NO)=[NH+]CC[C@H]([NH3+])C(=O)[O-]. The lowest BCUT2D eigenvalue weighted by Gasteiger charge is -2.05. The molecule has 0 heterocycles. The van der Waals surface area contributed by atoms with Crippen molar-refractivity contribution < 1.29 is 25.8 Å². The fourth-order valence-corrected chi connectivity index (χ4v) is 0.538. The first kappa shape index (κ1) is 10.7. The Balaban J connectivity index is 3.62. The third kappa shape index (κ3) is 4.47. The number of quaternary nitrogens is 1. The lowest BCUT2D eigenvalue weighted by Crippen LogP contribution is -2.80. The van der Waals surface area contributed by atoms with Crippen LogP contribution >= 0.6 is 0 Å². The van der Waals surface area contributed by atoms with E-state index in [0.29, 0.717) is 6.54 Å². The van der Waals surface area contributed by atoms with Crippen LogP contribution in [0.4, 0.5) is 0 Å². The van der Waals surface area contributed by atoms with Crippen molar-refractivity contribution in [3.63, 3.8) is 0 Å². The van der Waals surface area contributed by atoms with Crippen molar-refractivity contribution in [1.82, 2.24) is 5.48 Å². The number of nitrogens with two attached hydrogens (primary N) is 1. The largest absolute Gasteiger partial charge is 0.544 e. The molecule has 0 aromatic rings. The van der Waals surface area contributed by atoms with Crippen LogP contribution in [0.15, 0.2) is 0 Å². The Labute approximate surface area is 69.0 Å². The number of hydroxylamine groups is 1. The Hall–Kier alpha value is -1.34. The summed E-state index contributed by atoms with van der Waals surface area (Å²) in [5.74, 6) is -1.23. The van der Waals surface area contributed by atoms with E-state index in [1.54, 1.807) is 5.48 Å². The maximum atomic E-state index is 10.1. The van der Waals surface area contributed by atoms with E-state index < -0.39 is 12.0 Å². The first-order valence-corrected chi connectivity index (χ1v) is 3.38. The second-order valence-electron chi connectivity index (χ2n) is 2.26. The van der Waals surface area contributed by atoms with Gasteiger partial charge in [-0.3, -0.25) is 10.7 Å². The van der Waals surface area contributed by atoms with Crippen molar-refractivity contribution in [2.45, 2.75) is 12.5 Å². The Kier molecular flexibility index (Phi) is 4.73. The van der Waals surface area contributed by atoms with Gasteiger partial charge in [0, 0.05) is 6.42 Å². The molecule has 0 amide bonds. The molecule has 0 bridgehead atoms. The number of rotatable bonds is 4. The molecule has 0 radical (unpaired) electrons. The van der Waals surface area contributed by atoms with Gasteiger partial charge in [0.05, 0.1) is 12.5 Å². The Bertz CT molecular complexity index is 182. The number of carbonyl (C=O) groups excluding carboxylic acids is 1. The van der Waals surface area contributed by atoms with E-state index >= 15 is 0 Å². The summed E-state index contributed by atoms with van der Waals surface area (Å²) in [7, 11) is 0. The highest BCUT2D eigenvalue weighted by atomic mass is 16.5. The van der Waals surface area contributed by atoms with Crippen LogP contribution in [0.1, 0.15) is 6.42 Å². The summed E-state index contributed by atoms with van der Waals surface area (Å²) in [5.41, 5.74) is 10.1. The van der Waals surface area contributed by atoms with Crippen molar-refractivity contribution in [2.24, 2.45) is 5.73 Å². The monoisotopic (exact) mass is 177 g/mol. The van der Waals surface area contributed by atoms with Gasteiger partial charge in [0.15, 0.2) is 0 Å². The quantitative estimate of drug-likeness (QED) is 0.165. The molecule has 8 N–H and O–H groups in total. The molecule has 70 valence electrons. The van der Waals surface area contributed by atoms with Gasteiger partial charge in [0.2, 0.25) is 0 Å². The predicted molar refractivity (Wildman–Crippen MR) is 36.2 cm³/mol. The molecule has 0 spiro atoms. The van der Waals surface area contributed by atoms with Crippen molar-refractivity contribution in [2.75, 3.05) is 6.54 Å². The van der Waals surface area contributed by atoms with Gasteiger partial charge in [-0.25, -0.2) is 5.21 Å². The molecule has 0 fully saturated rings. The summed E-state index contributed by atoms with van der Waals surface area (Å²) in [5, 5.41) is 18.3. The van der Waals surface area contributed by atoms with Crippen molar-refractivity contribution in [3.05, 3.63) is 0 Å². The van der Waals surface area contributed by atoms with E-state index in [-0.39, 0.29) is 12.4 Å². The van der Waals surface area contributed by atoms with Crippen LogP contribution in [0.2, 0.25) is 0 Å². The minimum Gasteiger partial charge on any atom is -0.544 e. The fourth-order valence-electron chi connectivity index (χ4n) is 0.538. The number of guanidine groups is 1. The highest BCUT2D eigenvalue weighted by Gasteiger charge is 2.06. The topological polar surface area (TPSA) is 140 Å². The van der Waals surface area contributed by atoms with Crippen molar-refractivity contribution in [3.8, 4) is 0 Å². The number of hydrogen-bond acceptors (Lipinski definition) is 3. The van der Waals surface area contributed by atoms with E-state index in [2.05, 4.69) is 10.7 Å². The van der Waals surface area contributed by atoms with E-state index in [4.69, 9.17) is 10.9 Å². The van der Waals surface area contributed by atoms with Gasteiger partial charge >= 0.3 is 5.96 Å². The summed E-state index contributed by atoms with van der Waals surface area (Å²) in [4.78, 5) is 12.7. The van der Waals surface area contributed by atoms with E-state index in [1.165, 1.54) is 0 Å². The lowest BCUT2D eigenvalue weighted by molar-refractivity contribution is -0.487. The van der Waals surface area contributed by atoms with Gasteiger partial charge in [-0.15, -0.1) is 5.48 Å². The van der Waals surface area contributed by atoms with Gasteiger partial charge < -0.3 is 15.6 Å². The fraction of sp³-hybridized carbons (Fsp3) is 0.600. The standard InChI is InChI=1S/C5H12N4O3/c6-3(4(10)11)1-2-8-5(7)9-12/h3,12H,1-2,6H2,(H,10,11)(H3,7,8,9)/p+1/t3-/m0/s1. The molecule has 0 unspecified atom stereocenters. The number of hydrogen-bond donors (Lipinski definition) is 5. The number of aliphatic carboxylic acids is 1. The Morgan fingerprint density at radius 2 is 2.42 bits per heavy atom. The average molecular weight is 177 g/mol. The molecule has 0 aliphatic rings. The summed E-state index contributed by atoms with van der Waals surface area (Å²) >= 11 is 0. The maximum Gasteiger partial charge on any atom is 0.369 e. The zero-order valence-electron chi connectivity index (χ0n) is 6.54. The summed E-state index contributed by atoms with van der Waals surface area (Å²) in [6.45, 7) is 0.307. The second-order valence-corrected chi connectivity index (χ2v) is 2.26. The predicted octanol–water partition coefficient (Wildman–Crippen LogP) is -5.89. The van der Waals surface area contributed by atoms with Gasteiger partial charge in [0.25, 0.3) is 0 Å². The summed E-state index contributed by atoms with van der Waals surface area (Å²) in [6.07, 6.45) is 0.282. The van der Waals surface area contributed by atoms with Crippen LogP contribution in [0.3, 0.4) is 0 Å². The smallest absolute Gasteiger partial charge is 0.369 e. The first-order chi connectivity index (χ1) is 5.57. The Morgan fingerprint density at radius 3 is 2.83 bits per heavy atom. The molecule has 0 saturated heterocycles. The van der Waals surface area contributed by atoms with Crippen LogP contribution in [0.25, 0.3) is 0 Å². The summed E-state index contributed by atoms with van der Waals surface area (Å²) < 4.78 is 0. The third-order valence-electron chi connectivity index (χ3n) is 1.26. The molecular formula is C5H13N4O3+. The molecule has 0 aromatic heterocycles. The van der Waals surface area contributed by atoms with Gasteiger partial charge in [-0.05, 0) is 0 Å². The number of nitrogens with one attached hydrogen (secondary N) is 2. The molecule has 0 aliphatic heterocycles. The summed E-state index contributed by atoms with van der Waals surface area (Å²) in [6, 6.07) is -0.774. The molecule has 0 saturated carbocycles. The highest BCUT2D eigenvalue weighted by Crippen LogP contribution is 1.76. The van der Waals surface area contributed by atoms with Crippen molar-refractivity contribution >= 4 is 11.9 Å².